The first-order valence-corrected chi connectivity index (χ1v) is 9.57. The number of thiocarbonyl (C=S) groups is 1. The summed E-state index contributed by atoms with van der Waals surface area (Å²) in [6, 6.07) is 12.7. The van der Waals surface area contributed by atoms with Gasteiger partial charge >= 0.3 is 0 Å². The molecule has 0 aromatic heterocycles. The Balaban J connectivity index is 1.39. The molecule has 0 radical (unpaired) electrons. The van der Waals surface area contributed by atoms with Gasteiger partial charge in [-0.05, 0) is 68.0 Å². The maximum Gasteiger partial charge on any atom is 0.279 e. The van der Waals surface area contributed by atoms with Gasteiger partial charge in [0.05, 0.1) is 6.61 Å². The smallest absolute Gasteiger partial charge is 0.279 e. The maximum atomic E-state index is 12.2. The molecule has 2 aromatic rings. The van der Waals surface area contributed by atoms with E-state index >= 15 is 0 Å². The van der Waals surface area contributed by atoms with Crippen molar-refractivity contribution in [3.8, 4) is 23.0 Å². The Morgan fingerprint density at radius 1 is 1.10 bits per heavy atom. The zero-order valence-electron chi connectivity index (χ0n) is 16.2. The molecule has 154 valence electrons. The first-order valence-electron chi connectivity index (χ1n) is 9.17. The number of fused-ring (bicyclic) bond motifs is 1. The Labute approximate surface area is 174 Å². The van der Waals surface area contributed by atoms with E-state index in [2.05, 4.69) is 16.2 Å². The molecule has 3 rings (SSSR count). The molecule has 29 heavy (non-hydrogen) atoms. The molecule has 0 fully saturated rings. The highest BCUT2D eigenvalue weighted by molar-refractivity contribution is 7.80. The van der Waals surface area contributed by atoms with Crippen molar-refractivity contribution in [2.24, 2.45) is 0 Å². The second-order valence-corrected chi connectivity index (χ2v) is 6.56. The molecule has 0 aliphatic carbocycles. The Morgan fingerprint density at radius 3 is 2.59 bits per heavy atom. The molecular weight excluding hydrogens is 394 g/mol. The normalized spacial score (nSPS) is 12.6. The van der Waals surface area contributed by atoms with E-state index in [1.54, 1.807) is 31.2 Å². The molecule has 0 saturated heterocycles. The van der Waals surface area contributed by atoms with E-state index in [0.29, 0.717) is 24.7 Å². The van der Waals surface area contributed by atoms with Crippen molar-refractivity contribution in [3.05, 3.63) is 48.0 Å². The quantitative estimate of drug-likeness (QED) is 0.467. The number of benzene rings is 2. The predicted octanol–water partition coefficient (Wildman–Crippen LogP) is 2.28. The molecule has 0 saturated carbocycles. The van der Waals surface area contributed by atoms with Gasteiger partial charge in [-0.2, -0.15) is 0 Å². The molecular formula is C20H23N3O5S. The van der Waals surface area contributed by atoms with Crippen LogP contribution in [0.2, 0.25) is 0 Å². The first-order chi connectivity index (χ1) is 14.0. The van der Waals surface area contributed by atoms with Crippen molar-refractivity contribution >= 4 is 23.2 Å². The van der Waals surface area contributed by atoms with E-state index in [0.717, 1.165) is 17.1 Å². The average Bonchev–Trinajstić information content (AvgIpc) is 3.20. The van der Waals surface area contributed by atoms with E-state index in [1.807, 2.05) is 25.1 Å². The standard InChI is InChI=1S/C20H23N3O5S/c1-3-25-15-5-7-16(8-6-15)28-13(2)19(24)22-23-20(29)21-11-14-4-9-17-18(10-14)27-12-26-17/h4-10,13H,3,11-12H2,1-2H3,(H,22,24)(H2,21,23,29)/t13-/m0/s1. The molecule has 2 aromatic carbocycles. The lowest BCUT2D eigenvalue weighted by molar-refractivity contribution is -0.127. The third-order valence-corrected chi connectivity index (χ3v) is 4.25. The zero-order chi connectivity index (χ0) is 20.6. The fourth-order valence-electron chi connectivity index (χ4n) is 2.54. The van der Waals surface area contributed by atoms with E-state index < -0.39 is 6.10 Å². The largest absolute Gasteiger partial charge is 0.494 e. The molecule has 0 spiro atoms. The minimum atomic E-state index is -0.711. The Kier molecular flexibility index (Phi) is 6.96. The van der Waals surface area contributed by atoms with Gasteiger partial charge in [0.25, 0.3) is 5.91 Å². The number of nitrogens with one attached hydrogen (secondary N) is 3. The average molecular weight is 417 g/mol. The molecule has 1 heterocycles. The fourth-order valence-corrected chi connectivity index (χ4v) is 2.66. The van der Waals surface area contributed by atoms with Crippen molar-refractivity contribution in [3.63, 3.8) is 0 Å². The van der Waals surface area contributed by atoms with Gasteiger partial charge in [0.1, 0.15) is 11.5 Å². The molecule has 9 heteroatoms. The molecule has 0 bridgehead atoms. The molecule has 3 N–H and O–H groups in total. The lowest BCUT2D eigenvalue weighted by Crippen LogP contribution is -2.50. The summed E-state index contributed by atoms with van der Waals surface area (Å²) >= 11 is 5.18. The van der Waals surface area contributed by atoms with E-state index in [9.17, 15) is 4.79 Å². The fraction of sp³-hybridized carbons (Fsp3) is 0.300. The number of hydrazine groups is 1. The van der Waals surface area contributed by atoms with Crippen molar-refractivity contribution in [1.82, 2.24) is 16.2 Å². The summed E-state index contributed by atoms with van der Waals surface area (Å²) in [5, 5.41) is 3.29. The topological polar surface area (TPSA) is 90.1 Å². The van der Waals surface area contributed by atoms with Gasteiger partial charge in [0.2, 0.25) is 6.79 Å². The second kappa shape index (κ2) is 9.83. The summed E-state index contributed by atoms with van der Waals surface area (Å²) < 4.78 is 21.6. The monoisotopic (exact) mass is 417 g/mol. The van der Waals surface area contributed by atoms with Crippen LogP contribution in [0.25, 0.3) is 0 Å². The van der Waals surface area contributed by atoms with Crippen molar-refractivity contribution < 1.29 is 23.7 Å². The number of amides is 1. The van der Waals surface area contributed by atoms with Gasteiger partial charge in [0, 0.05) is 6.54 Å². The Hall–Kier alpha value is -3.20. The number of carbonyl (C=O) groups is 1. The highest BCUT2D eigenvalue weighted by Gasteiger charge is 2.15. The van der Waals surface area contributed by atoms with E-state index in [1.165, 1.54) is 0 Å². The van der Waals surface area contributed by atoms with Crippen molar-refractivity contribution in [1.29, 1.82) is 0 Å². The minimum Gasteiger partial charge on any atom is -0.494 e. The summed E-state index contributed by atoms with van der Waals surface area (Å²) in [5.74, 6) is 2.39. The van der Waals surface area contributed by atoms with Crippen LogP contribution in [0.3, 0.4) is 0 Å². The van der Waals surface area contributed by atoms with Crippen LogP contribution in [0.5, 0.6) is 23.0 Å². The van der Waals surface area contributed by atoms with Crippen molar-refractivity contribution in [2.45, 2.75) is 26.5 Å². The van der Waals surface area contributed by atoms with Crippen LogP contribution < -0.4 is 35.1 Å². The summed E-state index contributed by atoms with van der Waals surface area (Å²) in [6.45, 7) is 4.85. The maximum absolute atomic E-state index is 12.2. The highest BCUT2D eigenvalue weighted by atomic mass is 32.1. The lowest BCUT2D eigenvalue weighted by Gasteiger charge is -2.17. The Bertz CT molecular complexity index is 860. The number of hydrogen-bond donors (Lipinski definition) is 3. The van der Waals surface area contributed by atoms with E-state index in [-0.39, 0.29) is 17.8 Å². The number of carbonyl (C=O) groups excluding carboxylic acids is 1. The van der Waals surface area contributed by atoms with Crippen LogP contribution in [0.4, 0.5) is 0 Å². The van der Waals surface area contributed by atoms with E-state index in [4.69, 9.17) is 31.2 Å². The summed E-state index contributed by atoms with van der Waals surface area (Å²) in [7, 11) is 0. The molecule has 1 amide bonds. The number of hydrogen-bond acceptors (Lipinski definition) is 6. The first kappa shape index (κ1) is 20.5. The van der Waals surface area contributed by atoms with Crippen LogP contribution in [0.15, 0.2) is 42.5 Å². The molecule has 8 nitrogen and oxygen atoms in total. The highest BCUT2D eigenvalue weighted by Crippen LogP contribution is 2.32. The van der Waals surface area contributed by atoms with Crippen LogP contribution in [-0.4, -0.2) is 30.5 Å². The van der Waals surface area contributed by atoms with Gasteiger partial charge in [0.15, 0.2) is 22.7 Å². The second-order valence-electron chi connectivity index (χ2n) is 6.15. The van der Waals surface area contributed by atoms with Gasteiger partial charge in [-0.1, -0.05) is 6.07 Å². The SMILES string of the molecule is CCOc1ccc(O[C@@H](C)C(=O)NNC(=S)NCc2ccc3c(c2)OCO3)cc1. The molecule has 0 unspecified atom stereocenters. The lowest BCUT2D eigenvalue weighted by atomic mass is 10.2. The summed E-state index contributed by atoms with van der Waals surface area (Å²) in [6.07, 6.45) is -0.711. The molecule has 1 atom stereocenters. The number of ether oxygens (including phenoxy) is 4. The number of rotatable bonds is 7. The van der Waals surface area contributed by atoms with Crippen LogP contribution in [0, 0.1) is 0 Å². The summed E-state index contributed by atoms with van der Waals surface area (Å²) in [5.41, 5.74) is 6.16. The Morgan fingerprint density at radius 2 is 1.83 bits per heavy atom. The van der Waals surface area contributed by atoms with Crippen molar-refractivity contribution in [2.75, 3.05) is 13.4 Å². The van der Waals surface area contributed by atoms with Gasteiger partial charge in [-0.3, -0.25) is 15.6 Å². The predicted molar refractivity (Wildman–Crippen MR) is 111 cm³/mol. The third-order valence-electron chi connectivity index (χ3n) is 4.01. The van der Waals surface area contributed by atoms with Crippen LogP contribution >= 0.6 is 12.2 Å². The van der Waals surface area contributed by atoms with Gasteiger partial charge < -0.3 is 24.3 Å². The minimum absolute atomic E-state index is 0.231. The zero-order valence-corrected chi connectivity index (χ0v) is 17.0. The molecule has 1 aliphatic rings. The summed E-state index contributed by atoms with van der Waals surface area (Å²) in [4.78, 5) is 12.2. The molecule has 1 aliphatic heterocycles. The third kappa shape index (κ3) is 5.89. The van der Waals surface area contributed by atoms with Crippen LogP contribution in [0.1, 0.15) is 19.4 Å². The van der Waals surface area contributed by atoms with Crippen LogP contribution in [-0.2, 0) is 11.3 Å². The van der Waals surface area contributed by atoms with Gasteiger partial charge in [-0.25, -0.2) is 0 Å². The van der Waals surface area contributed by atoms with Gasteiger partial charge in [-0.15, -0.1) is 0 Å².